The molecule has 1 aliphatic rings. The van der Waals surface area contributed by atoms with E-state index in [-0.39, 0.29) is 5.91 Å². The van der Waals surface area contributed by atoms with E-state index in [1.165, 1.54) is 5.56 Å². The maximum absolute atomic E-state index is 13.4. The van der Waals surface area contributed by atoms with E-state index in [0.29, 0.717) is 30.4 Å². The fourth-order valence-electron chi connectivity index (χ4n) is 3.42. The molecular weight excluding hydrogens is 348 g/mol. The van der Waals surface area contributed by atoms with E-state index < -0.39 is 0 Å². The second kappa shape index (κ2) is 8.05. The van der Waals surface area contributed by atoms with Crippen LogP contribution < -0.4 is 10.2 Å². The highest BCUT2D eigenvalue weighted by atomic mass is 16.2. The number of carbonyl (C=O) groups excluding carboxylic acids is 1. The molecule has 3 aromatic rings. The second-order valence-electron chi connectivity index (χ2n) is 6.69. The normalized spacial score (nSPS) is 12.9. The third-order valence-corrected chi connectivity index (χ3v) is 4.76. The van der Waals surface area contributed by atoms with E-state index in [1.807, 2.05) is 53.4 Å². The maximum Gasteiger partial charge on any atom is 0.277 e. The number of fused-ring (bicyclic) bond motifs is 1. The summed E-state index contributed by atoms with van der Waals surface area (Å²) in [6, 6.07) is 19.5. The molecular formula is C23H22N4O. The predicted molar refractivity (Wildman–Crippen MR) is 113 cm³/mol. The van der Waals surface area contributed by atoms with Gasteiger partial charge in [0.25, 0.3) is 5.91 Å². The van der Waals surface area contributed by atoms with Crippen LogP contribution in [0.3, 0.4) is 0 Å². The van der Waals surface area contributed by atoms with E-state index in [9.17, 15) is 4.79 Å². The first kappa shape index (κ1) is 17.9. The number of aryl methyl sites for hydroxylation is 1. The molecule has 0 aliphatic carbocycles. The highest BCUT2D eigenvalue weighted by Gasteiger charge is 2.25. The van der Waals surface area contributed by atoms with Crippen molar-refractivity contribution in [1.82, 2.24) is 9.97 Å². The fourth-order valence-corrected chi connectivity index (χ4v) is 3.42. The van der Waals surface area contributed by atoms with Gasteiger partial charge in [0, 0.05) is 30.4 Å². The number of nitrogens with one attached hydrogen (secondary N) is 1. The lowest BCUT2D eigenvalue weighted by atomic mass is 10.0. The number of aromatic nitrogens is 2. The van der Waals surface area contributed by atoms with Crippen LogP contribution in [-0.2, 0) is 6.42 Å². The molecule has 4 rings (SSSR count). The summed E-state index contributed by atoms with van der Waals surface area (Å²) in [5.74, 6) is 1.04. The Hall–Kier alpha value is -3.47. The Morgan fingerprint density at radius 3 is 2.71 bits per heavy atom. The zero-order valence-corrected chi connectivity index (χ0v) is 15.6. The molecule has 1 amide bonds. The lowest BCUT2D eigenvalue weighted by Crippen LogP contribution is -2.36. The molecule has 0 spiro atoms. The van der Waals surface area contributed by atoms with Crippen LogP contribution in [0.15, 0.2) is 73.3 Å². The third kappa shape index (κ3) is 3.64. The van der Waals surface area contributed by atoms with Crippen LogP contribution in [0.25, 0.3) is 11.4 Å². The molecule has 1 aliphatic heterocycles. The molecule has 0 saturated carbocycles. The first-order valence-corrected chi connectivity index (χ1v) is 9.45. The summed E-state index contributed by atoms with van der Waals surface area (Å²) >= 11 is 0. The van der Waals surface area contributed by atoms with Gasteiger partial charge in [0.2, 0.25) is 0 Å². The summed E-state index contributed by atoms with van der Waals surface area (Å²) in [4.78, 5) is 24.4. The van der Waals surface area contributed by atoms with Gasteiger partial charge in [-0.3, -0.25) is 4.79 Å². The van der Waals surface area contributed by atoms with Gasteiger partial charge in [0.1, 0.15) is 11.5 Å². The quantitative estimate of drug-likeness (QED) is 0.679. The molecule has 5 heteroatoms. The Balaban J connectivity index is 1.74. The van der Waals surface area contributed by atoms with E-state index in [0.717, 1.165) is 24.1 Å². The molecule has 0 atom stereocenters. The Kier molecular flexibility index (Phi) is 5.15. The molecule has 140 valence electrons. The minimum Gasteiger partial charge on any atom is -0.366 e. The Morgan fingerprint density at radius 2 is 1.89 bits per heavy atom. The Labute approximate surface area is 164 Å². The first-order valence-electron chi connectivity index (χ1n) is 9.45. The van der Waals surface area contributed by atoms with Crippen LogP contribution in [0.4, 0.5) is 11.5 Å². The van der Waals surface area contributed by atoms with Crippen LogP contribution in [0, 0.1) is 0 Å². The summed E-state index contributed by atoms with van der Waals surface area (Å²) in [7, 11) is 0. The van der Waals surface area contributed by atoms with Gasteiger partial charge in [-0.05, 0) is 24.5 Å². The van der Waals surface area contributed by atoms with Crippen molar-refractivity contribution in [1.29, 1.82) is 0 Å². The van der Waals surface area contributed by atoms with Crippen molar-refractivity contribution >= 4 is 17.4 Å². The number of benzene rings is 2. The van der Waals surface area contributed by atoms with Crippen LogP contribution >= 0.6 is 0 Å². The molecule has 1 N–H and O–H groups in total. The third-order valence-electron chi connectivity index (χ3n) is 4.76. The summed E-state index contributed by atoms with van der Waals surface area (Å²) in [5, 5.41) is 3.18. The molecule has 0 unspecified atom stereocenters. The average molecular weight is 370 g/mol. The van der Waals surface area contributed by atoms with Crippen molar-refractivity contribution in [3.05, 3.63) is 84.6 Å². The fraction of sp³-hybridized carbons (Fsp3) is 0.174. The molecule has 2 heterocycles. The lowest BCUT2D eigenvalue weighted by Gasteiger charge is -2.29. The number of hydrogen-bond donors (Lipinski definition) is 1. The molecule has 0 fully saturated rings. The molecule has 0 bridgehead atoms. The zero-order chi connectivity index (χ0) is 19.3. The number of rotatable bonds is 5. The van der Waals surface area contributed by atoms with Crippen molar-refractivity contribution < 1.29 is 4.79 Å². The summed E-state index contributed by atoms with van der Waals surface area (Å²) in [5.41, 5.74) is 3.43. The average Bonchev–Trinajstić information content (AvgIpc) is 2.77. The van der Waals surface area contributed by atoms with E-state index in [1.54, 1.807) is 12.1 Å². The predicted octanol–water partition coefficient (Wildman–Crippen LogP) is 4.33. The highest BCUT2D eigenvalue weighted by molar-refractivity contribution is 6.06. The molecule has 1 aromatic heterocycles. The van der Waals surface area contributed by atoms with E-state index in [4.69, 9.17) is 0 Å². The summed E-state index contributed by atoms with van der Waals surface area (Å²) in [6.45, 7) is 4.98. The smallest absolute Gasteiger partial charge is 0.277 e. The van der Waals surface area contributed by atoms with E-state index in [2.05, 4.69) is 27.9 Å². The number of para-hydroxylation sites is 1. The van der Waals surface area contributed by atoms with E-state index >= 15 is 0 Å². The SMILES string of the molecule is C=CCNc1cc(C(=O)N2CCCc3ccccc32)nc(-c2ccccc2)n1. The van der Waals surface area contributed by atoms with Gasteiger partial charge in [-0.15, -0.1) is 6.58 Å². The standard InChI is InChI=1S/C23H22N4O/c1-2-14-24-21-16-19(25-22(26-21)18-10-4-3-5-11-18)23(28)27-15-8-12-17-9-6-7-13-20(17)27/h2-7,9-11,13,16H,1,8,12,14-15H2,(H,24,25,26). The Morgan fingerprint density at radius 1 is 1.11 bits per heavy atom. The van der Waals surface area contributed by atoms with Crippen molar-refractivity contribution in [2.45, 2.75) is 12.8 Å². The first-order chi connectivity index (χ1) is 13.8. The topological polar surface area (TPSA) is 58.1 Å². The molecule has 28 heavy (non-hydrogen) atoms. The molecule has 5 nitrogen and oxygen atoms in total. The van der Waals surface area contributed by atoms with Gasteiger partial charge in [-0.2, -0.15) is 0 Å². The Bertz CT molecular complexity index is 1000. The van der Waals surface area contributed by atoms with Crippen LogP contribution in [0.1, 0.15) is 22.5 Å². The van der Waals surface area contributed by atoms with Crippen LogP contribution in [-0.4, -0.2) is 29.0 Å². The van der Waals surface area contributed by atoms with Gasteiger partial charge in [0.05, 0.1) is 0 Å². The number of amides is 1. The molecule has 2 aromatic carbocycles. The summed E-state index contributed by atoms with van der Waals surface area (Å²) in [6.07, 6.45) is 3.69. The summed E-state index contributed by atoms with van der Waals surface area (Å²) < 4.78 is 0. The van der Waals surface area contributed by atoms with Crippen molar-refractivity contribution in [3.8, 4) is 11.4 Å². The van der Waals surface area contributed by atoms with Gasteiger partial charge in [-0.1, -0.05) is 54.6 Å². The minimum atomic E-state index is -0.103. The maximum atomic E-state index is 13.4. The van der Waals surface area contributed by atoms with Gasteiger partial charge in [-0.25, -0.2) is 9.97 Å². The second-order valence-corrected chi connectivity index (χ2v) is 6.69. The monoisotopic (exact) mass is 370 g/mol. The van der Waals surface area contributed by atoms with Crippen molar-refractivity contribution in [2.24, 2.45) is 0 Å². The largest absolute Gasteiger partial charge is 0.366 e. The number of nitrogens with zero attached hydrogens (tertiary/aromatic N) is 3. The highest BCUT2D eigenvalue weighted by Crippen LogP contribution is 2.28. The number of hydrogen-bond acceptors (Lipinski definition) is 4. The van der Waals surface area contributed by atoms with Crippen LogP contribution in [0.2, 0.25) is 0 Å². The van der Waals surface area contributed by atoms with Gasteiger partial charge in [0.15, 0.2) is 5.82 Å². The lowest BCUT2D eigenvalue weighted by molar-refractivity contribution is 0.0980. The van der Waals surface area contributed by atoms with Gasteiger partial charge < -0.3 is 10.2 Å². The number of carbonyl (C=O) groups is 1. The molecule has 0 saturated heterocycles. The minimum absolute atomic E-state index is 0.103. The van der Waals surface area contributed by atoms with Gasteiger partial charge >= 0.3 is 0 Å². The zero-order valence-electron chi connectivity index (χ0n) is 15.6. The van der Waals surface area contributed by atoms with Crippen LogP contribution in [0.5, 0.6) is 0 Å². The van der Waals surface area contributed by atoms with Crippen molar-refractivity contribution in [2.75, 3.05) is 23.3 Å². The van der Waals surface area contributed by atoms with Crippen molar-refractivity contribution in [3.63, 3.8) is 0 Å². The molecule has 0 radical (unpaired) electrons. The number of anilines is 2.